The molecule has 0 unspecified atom stereocenters. The maximum absolute atomic E-state index is 13.1. The maximum atomic E-state index is 13.1. The smallest absolute Gasteiger partial charge is 0.253 e. The number of piperazine rings is 1. The summed E-state index contributed by atoms with van der Waals surface area (Å²) in [5.74, 6) is 0.789. The average molecular weight is 492 g/mol. The molecule has 3 heterocycles. The van der Waals surface area contributed by atoms with E-state index >= 15 is 0 Å². The number of hydrogen-bond donors (Lipinski definition) is 0. The van der Waals surface area contributed by atoms with Crippen molar-refractivity contribution in [1.82, 2.24) is 24.8 Å². The number of aryl methyl sites for hydroxylation is 1. The van der Waals surface area contributed by atoms with Gasteiger partial charge in [-0.15, -0.1) is 0 Å². The van der Waals surface area contributed by atoms with Gasteiger partial charge >= 0.3 is 0 Å². The van der Waals surface area contributed by atoms with Gasteiger partial charge in [-0.3, -0.25) is 14.5 Å². The Kier molecular flexibility index (Phi) is 7.09. The van der Waals surface area contributed by atoms with Crippen LogP contribution >= 0.6 is 0 Å². The quantitative estimate of drug-likeness (QED) is 0.544. The largest absolute Gasteiger partial charge is 0.340 e. The van der Waals surface area contributed by atoms with E-state index < -0.39 is 0 Å². The van der Waals surface area contributed by atoms with E-state index in [0.29, 0.717) is 62.8 Å². The van der Waals surface area contributed by atoms with E-state index in [1.54, 1.807) is 4.90 Å². The van der Waals surface area contributed by atoms with Gasteiger partial charge in [0.15, 0.2) is 0 Å². The van der Waals surface area contributed by atoms with Gasteiger partial charge in [0.1, 0.15) is 5.82 Å². The van der Waals surface area contributed by atoms with Crippen molar-refractivity contribution in [2.45, 2.75) is 26.3 Å². The Morgan fingerprint density at radius 1 is 0.917 bits per heavy atom. The SMILES string of the molecule is Cc1ccc(-c2noc(CN3CCN(C(=O)C4CCN(C(=O)c5ccc(F)cc5)CC4)CC3)n2)cc1. The molecule has 0 saturated carbocycles. The first kappa shape index (κ1) is 24.1. The Hall–Kier alpha value is -3.59. The number of aromatic nitrogens is 2. The number of amides is 2. The maximum Gasteiger partial charge on any atom is 0.253 e. The molecule has 0 aliphatic carbocycles. The van der Waals surface area contributed by atoms with Crippen molar-refractivity contribution in [2.24, 2.45) is 5.92 Å². The van der Waals surface area contributed by atoms with E-state index in [4.69, 9.17) is 4.52 Å². The molecule has 0 N–H and O–H groups in total. The molecule has 2 aromatic carbocycles. The van der Waals surface area contributed by atoms with Gasteiger partial charge in [0.2, 0.25) is 17.6 Å². The summed E-state index contributed by atoms with van der Waals surface area (Å²) in [6, 6.07) is 13.6. The molecule has 8 nitrogen and oxygen atoms in total. The minimum absolute atomic E-state index is 0.0678. The second-order valence-corrected chi connectivity index (χ2v) is 9.55. The number of carbonyl (C=O) groups is 2. The number of carbonyl (C=O) groups excluding carboxylic acids is 2. The minimum Gasteiger partial charge on any atom is -0.340 e. The van der Waals surface area contributed by atoms with E-state index in [2.05, 4.69) is 15.0 Å². The second-order valence-electron chi connectivity index (χ2n) is 9.55. The number of halogens is 1. The van der Waals surface area contributed by atoms with Crippen LogP contribution in [0.5, 0.6) is 0 Å². The first-order chi connectivity index (χ1) is 17.5. The Morgan fingerprint density at radius 3 is 2.25 bits per heavy atom. The van der Waals surface area contributed by atoms with Gasteiger partial charge < -0.3 is 14.3 Å². The molecule has 0 spiro atoms. The van der Waals surface area contributed by atoms with E-state index in [1.807, 2.05) is 36.1 Å². The van der Waals surface area contributed by atoms with Gasteiger partial charge in [0.25, 0.3) is 5.91 Å². The number of nitrogens with zero attached hydrogens (tertiary/aromatic N) is 5. The van der Waals surface area contributed by atoms with Gasteiger partial charge in [-0.2, -0.15) is 4.98 Å². The lowest BCUT2D eigenvalue weighted by Gasteiger charge is -2.38. The third-order valence-corrected chi connectivity index (χ3v) is 7.04. The predicted octanol–water partition coefficient (Wildman–Crippen LogP) is 3.38. The van der Waals surface area contributed by atoms with Crippen LogP contribution in [0.2, 0.25) is 0 Å². The Labute approximate surface area is 209 Å². The van der Waals surface area contributed by atoms with Crippen molar-refractivity contribution in [3.05, 3.63) is 71.4 Å². The standard InChI is InChI=1S/C27H30FN5O3/c1-19-2-4-20(5-3-19)25-29-24(36-30-25)18-31-14-16-33(17-15-31)27(35)22-10-12-32(13-11-22)26(34)21-6-8-23(28)9-7-21/h2-9,22H,10-18H2,1H3. The zero-order valence-corrected chi connectivity index (χ0v) is 20.4. The highest BCUT2D eigenvalue weighted by molar-refractivity contribution is 5.94. The summed E-state index contributed by atoms with van der Waals surface area (Å²) in [7, 11) is 0. The molecule has 9 heteroatoms. The fraction of sp³-hybridized carbons (Fsp3) is 0.407. The van der Waals surface area contributed by atoms with Crippen LogP contribution in [0, 0.1) is 18.7 Å². The molecule has 2 fully saturated rings. The molecule has 0 bridgehead atoms. The molecule has 2 amide bonds. The van der Waals surface area contributed by atoms with Crippen LogP contribution in [0.1, 0.15) is 34.7 Å². The molecule has 188 valence electrons. The predicted molar refractivity (Wildman–Crippen MR) is 131 cm³/mol. The van der Waals surface area contributed by atoms with E-state index in [1.165, 1.54) is 29.8 Å². The van der Waals surface area contributed by atoms with Gasteiger partial charge in [0.05, 0.1) is 6.54 Å². The Bertz CT molecular complexity index is 1190. The van der Waals surface area contributed by atoms with Crippen LogP contribution in [0.15, 0.2) is 53.1 Å². The van der Waals surface area contributed by atoms with Gasteiger partial charge in [-0.1, -0.05) is 35.0 Å². The van der Waals surface area contributed by atoms with Crippen molar-refractivity contribution in [3.63, 3.8) is 0 Å². The molecule has 3 aromatic rings. The fourth-order valence-electron chi connectivity index (χ4n) is 4.82. The van der Waals surface area contributed by atoms with Gasteiger partial charge in [0, 0.05) is 56.3 Å². The number of rotatable bonds is 5. The summed E-state index contributed by atoms with van der Waals surface area (Å²) in [4.78, 5) is 36.2. The number of benzene rings is 2. The van der Waals surface area contributed by atoms with Crippen molar-refractivity contribution < 1.29 is 18.5 Å². The molecular formula is C27H30FN5O3. The summed E-state index contributed by atoms with van der Waals surface area (Å²) in [5.41, 5.74) is 2.58. The van der Waals surface area contributed by atoms with Gasteiger partial charge in [-0.05, 0) is 44.0 Å². The average Bonchev–Trinajstić information content (AvgIpc) is 3.38. The molecule has 0 radical (unpaired) electrons. The molecule has 2 saturated heterocycles. The number of likely N-dealkylation sites (tertiary alicyclic amines) is 1. The summed E-state index contributed by atoms with van der Waals surface area (Å²) in [5, 5.41) is 4.11. The lowest BCUT2D eigenvalue weighted by atomic mass is 9.94. The fourth-order valence-corrected chi connectivity index (χ4v) is 4.82. The molecule has 5 rings (SSSR count). The van der Waals surface area contributed by atoms with Crippen LogP contribution in [-0.2, 0) is 11.3 Å². The van der Waals surface area contributed by atoms with E-state index in [0.717, 1.165) is 18.7 Å². The van der Waals surface area contributed by atoms with E-state index in [9.17, 15) is 14.0 Å². The highest BCUT2D eigenvalue weighted by atomic mass is 19.1. The Balaban J connectivity index is 1.08. The monoisotopic (exact) mass is 491 g/mol. The topological polar surface area (TPSA) is 82.8 Å². The van der Waals surface area contributed by atoms with E-state index in [-0.39, 0.29) is 23.5 Å². The minimum atomic E-state index is -0.361. The third kappa shape index (κ3) is 5.46. The van der Waals surface area contributed by atoms with Crippen LogP contribution in [0.4, 0.5) is 4.39 Å². The first-order valence-corrected chi connectivity index (χ1v) is 12.4. The third-order valence-electron chi connectivity index (χ3n) is 7.04. The van der Waals surface area contributed by atoms with Gasteiger partial charge in [-0.25, -0.2) is 4.39 Å². The molecule has 36 heavy (non-hydrogen) atoms. The highest BCUT2D eigenvalue weighted by Crippen LogP contribution is 2.23. The summed E-state index contributed by atoms with van der Waals surface area (Å²) < 4.78 is 18.6. The lowest BCUT2D eigenvalue weighted by molar-refractivity contribution is -0.138. The van der Waals surface area contributed by atoms with Crippen molar-refractivity contribution in [1.29, 1.82) is 0 Å². The van der Waals surface area contributed by atoms with Crippen molar-refractivity contribution in [3.8, 4) is 11.4 Å². The number of hydrogen-bond acceptors (Lipinski definition) is 6. The Morgan fingerprint density at radius 2 is 1.58 bits per heavy atom. The number of piperidine rings is 1. The van der Waals surface area contributed by atoms with Crippen molar-refractivity contribution >= 4 is 11.8 Å². The molecule has 2 aliphatic rings. The normalized spacial score (nSPS) is 17.4. The highest BCUT2D eigenvalue weighted by Gasteiger charge is 2.32. The molecular weight excluding hydrogens is 461 g/mol. The zero-order valence-electron chi connectivity index (χ0n) is 20.4. The van der Waals surface area contributed by atoms with Crippen LogP contribution in [-0.4, -0.2) is 75.9 Å². The zero-order chi connectivity index (χ0) is 25.1. The summed E-state index contributed by atoms with van der Waals surface area (Å²) >= 11 is 0. The summed E-state index contributed by atoms with van der Waals surface area (Å²) in [6.07, 6.45) is 1.30. The molecule has 0 atom stereocenters. The van der Waals surface area contributed by atoms with Crippen LogP contribution in [0.3, 0.4) is 0 Å². The summed E-state index contributed by atoms with van der Waals surface area (Å²) in [6.45, 7) is 6.48. The van der Waals surface area contributed by atoms with Crippen LogP contribution < -0.4 is 0 Å². The molecule has 2 aliphatic heterocycles. The van der Waals surface area contributed by atoms with Crippen LogP contribution in [0.25, 0.3) is 11.4 Å². The first-order valence-electron chi connectivity index (χ1n) is 12.4. The molecule has 1 aromatic heterocycles. The second kappa shape index (κ2) is 10.6. The van der Waals surface area contributed by atoms with Crippen molar-refractivity contribution in [2.75, 3.05) is 39.3 Å². The lowest BCUT2D eigenvalue weighted by Crippen LogP contribution is -2.51.